The van der Waals surface area contributed by atoms with Crippen LogP contribution in [0.5, 0.6) is 11.5 Å². The van der Waals surface area contributed by atoms with Crippen LogP contribution >= 0.6 is 0 Å². The monoisotopic (exact) mass is 408 g/mol. The Labute approximate surface area is 172 Å². The van der Waals surface area contributed by atoms with Gasteiger partial charge in [-0.25, -0.2) is 4.98 Å². The van der Waals surface area contributed by atoms with Crippen LogP contribution in [0.15, 0.2) is 42.6 Å². The molecule has 9 nitrogen and oxygen atoms in total. The third-order valence-electron chi connectivity index (χ3n) is 5.08. The predicted molar refractivity (Wildman–Crippen MR) is 110 cm³/mol. The van der Waals surface area contributed by atoms with E-state index >= 15 is 0 Å². The average Bonchev–Trinajstić information content (AvgIpc) is 3.36. The number of fused-ring (bicyclic) bond motifs is 1. The summed E-state index contributed by atoms with van der Waals surface area (Å²) in [4.78, 5) is 28.2. The number of rotatable bonds is 6. The van der Waals surface area contributed by atoms with Crippen molar-refractivity contribution in [2.45, 2.75) is 19.4 Å². The van der Waals surface area contributed by atoms with Gasteiger partial charge in [0.1, 0.15) is 11.4 Å². The normalized spacial score (nSPS) is 12.3. The Morgan fingerprint density at radius 2 is 1.97 bits per heavy atom. The Morgan fingerprint density at radius 1 is 1.20 bits per heavy atom. The van der Waals surface area contributed by atoms with Gasteiger partial charge in [0, 0.05) is 30.3 Å². The first kappa shape index (κ1) is 19.4. The lowest BCUT2D eigenvalue weighted by atomic mass is 10.1. The number of benzene rings is 2. The molecule has 154 valence electrons. The van der Waals surface area contributed by atoms with Gasteiger partial charge in [0.25, 0.3) is 11.6 Å². The van der Waals surface area contributed by atoms with Crippen molar-refractivity contribution in [2.75, 3.05) is 19.5 Å². The molecule has 1 amide bonds. The number of carbonyl (C=O) groups excluding carboxylic acids is 1. The van der Waals surface area contributed by atoms with E-state index in [0.717, 1.165) is 36.5 Å². The van der Waals surface area contributed by atoms with Crippen LogP contribution in [0.4, 0.5) is 11.4 Å². The van der Waals surface area contributed by atoms with Crippen LogP contribution in [-0.2, 0) is 13.0 Å². The molecule has 0 saturated carbocycles. The van der Waals surface area contributed by atoms with Crippen LogP contribution in [0.3, 0.4) is 0 Å². The number of hydrogen-bond donors (Lipinski definition) is 1. The van der Waals surface area contributed by atoms with E-state index in [1.807, 2.05) is 24.4 Å². The molecular formula is C21H20N4O5. The summed E-state index contributed by atoms with van der Waals surface area (Å²) in [7, 11) is 2.78. The summed E-state index contributed by atoms with van der Waals surface area (Å²) in [6.45, 7) is 0.916. The fraction of sp³-hybridized carbons (Fsp3) is 0.238. The highest BCUT2D eigenvalue weighted by molar-refractivity contribution is 6.07. The number of nitro benzene ring substituents is 1. The minimum absolute atomic E-state index is 0.117. The summed E-state index contributed by atoms with van der Waals surface area (Å²) >= 11 is 0. The van der Waals surface area contributed by atoms with Crippen molar-refractivity contribution >= 4 is 17.3 Å². The van der Waals surface area contributed by atoms with Gasteiger partial charge in [0.2, 0.25) is 0 Å². The molecule has 0 bridgehead atoms. The van der Waals surface area contributed by atoms with Gasteiger partial charge in [-0.3, -0.25) is 14.9 Å². The summed E-state index contributed by atoms with van der Waals surface area (Å²) < 4.78 is 12.5. The van der Waals surface area contributed by atoms with Crippen molar-refractivity contribution < 1.29 is 19.2 Å². The van der Waals surface area contributed by atoms with Crippen LogP contribution in [0.2, 0.25) is 0 Å². The number of aryl methyl sites for hydroxylation is 1. The van der Waals surface area contributed by atoms with Gasteiger partial charge in [-0.1, -0.05) is 12.1 Å². The van der Waals surface area contributed by atoms with Crippen molar-refractivity contribution in [3.05, 3.63) is 64.1 Å². The number of aromatic nitrogens is 2. The van der Waals surface area contributed by atoms with Crippen molar-refractivity contribution in [1.29, 1.82) is 0 Å². The van der Waals surface area contributed by atoms with E-state index in [-0.39, 0.29) is 22.7 Å². The van der Waals surface area contributed by atoms with Crippen LogP contribution in [-0.4, -0.2) is 34.6 Å². The number of nitrogens with zero attached hydrogens (tertiary/aromatic N) is 3. The minimum Gasteiger partial charge on any atom is -0.493 e. The zero-order valence-corrected chi connectivity index (χ0v) is 16.5. The van der Waals surface area contributed by atoms with E-state index in [4.69, 9.17) is 9.47 Å². The number of amides is 1. The van der Waals surface area contributed by atoms with E-state index in [1.165, 1.54) is 26.4 Å². The van der Waals surface area contributed by atoms with E-state index in [0.29, 0.717) is 5.69 Å². The molecule has 0 saturated heterocycles. The highest BCUT2D eigenvalue weighted by Gasteiger charge is 2.25. The molecule has 2 aromatic carbocycles. The van der Waals surface area contributed by atoms with Crippen LogP contribution in [0.25, 0.3) is 11.3 Å². The summed E-state index contributed by atoms with van der Waals surface area (Å²) in [6, 6.07) is 9.81. The quantitative estimate of drug-likeness (QED) is 0.492. The number of nitrogens with one attached hydrogen (secondary N) is 1. The molecule has 1 N–H and O–H groups in total. The van der Waals surface area contributed by atoms with E-state index < -0.39 is 10.8 Å². The summed E-state index contributed by atoms with van der Waals surface area (Å²) in [5.74, 6) is 0.855. The molecule has 4 rings (SSSR count). The molecule has 0 aliphatic carbocycles. The maximum absolute atomic E-state index is 12.9. The second-order valence-electron chi connectivity index (χ2n) is 6.83. The van der Waals surface area contributed by atoms with Gasteiger partial charge >= 0.3 is 0 Å². The summed E-state index contributed by atoms with van der Waals surface area (Å²) in [6.07, 6.45) is 3.85. The van der Waals surface area contributed by atoms with Crippen molar-refractivity contribution in [1.82, 2.24) is 9.55 Å². The molecule has 1 aliphatic heterocycles. The first-order valence-corrected chi connectivity index (χ1v) is 9.38. The molecule has 2 heterocycles. The molecule has 0 spiro atoms. The Morgan fingerprint density at radius 3 is 2.70 bits per heavy atom. The Bertz CT molecular complexity index is 1140. The fourth-order valence-electron chi connectivity index (χ4n) is 3.64. The van der Waals surface area contributed by atoms with Gasteiger partial charge in [-0.2, -0.15) is 0 Å². The van der Waals surface area contributed by atoms with Crippen molar-refractivity contribution in [2.24, 2.45) is 0 Å². The summed E-state index contributed by atoms with van der Waals surface area (Å²) in [5.41, 5.74) is 1.93. The maximum Gasteiger partial charge on any atom is 0.286 e. The van der Waals surface area contributed by atoms with Gasteiger partial charge in [0.05, 0.1) is 37.1 Å². The third-order valence-corrected chi connectivity index (χ3v) is 5.08. The number of carbonyl (C=O) groups is 1. The standard InChI is InChI=1S/C21H20N4O5/c1-29-18-10-15(16(25(27)28)11-19(18)30-2)21(26)23-14-6-3-5-13(9-14)17-12-22-20-7-4-8-24(17)20/h3,5-6,9-12H,4,7-8H2,1-2H3,(H,23,26). The lowest BCUT2D eigenvalue weighted by Crippen LogP contribution is -2.14. The van der Waals surface area contributed by atoms with Gasteiger partial charge in [-0.05, 0) is 18.6 Å². The smallest absolute Gasteiger partial charge is 0.286 e. The third kappa shape index (κ3) is 3.45. The zero-order valence-electron chi connectivity index (χ0n) is 16.5. The molecular weight excluding hydrogens is 388 g/mol. The molecule has 0 fully saturated rings. The first-order chi connectivity index (χ1) is 14.5. The molecule has 0 unspecified atom stereocenters. The van der Waals surface area contributed by atoms with Crippen molar-refractivity contribution in [3.8, 4) is 22.8 Å². The molecule has 30 heavy (non-hydrogen) atoms. The predicted octanol–water partition coefficient (Wildman–Crippen LogP) is 3.67. The van der Waals surface area contributed by atoms with Gasteiger partial charge in [0.15, 0.2) is 11.5 Å². The Kier molecular flexibility index (Phi) is 5.09. The Hall–Kier alpha value is -3.88. The second kappa shape index (κ2) is 7.86. The van der Waals surface area contributed by atoms with Crippen molar-refractivity contribution in [3.63, 3.8) is 0 Å². The number of ether oxygens (including phenoxy) is 2. The summed E-state index contributed by atoms with van der Waals surface area (Å²) in [5, 5.41) is 14.2. The topological polar surface area (TPSA) is 109 Å². The maximum atomic E-state index is 12.9. The van der Waals surface area contributed by atoms with Gasteiger partial charge < -0.3 is 19.4 Å². The highest BCUT2D eigenvalue weighted by Crippen LogP contribution is 2.35. The molecule has 0 radical (unpaired) electrons. The largest absolute Gasteiger partial charge is 0.493 e. The molecule has 1 aliphatic rings. The highest BCUT2D eigenvalue weighted by atomic mass is 16.6. The SMILES string of the molecule is COc1cc(C(=O)Nc2cccc(-c3cnc4n3CCC4)c2)c([N+](=O)[O-])cc1OC. The van der Waals surface area contributed by atoms with E-state index in [9.17, 15) is 14.9 Å². The fourth-order valence-corrected chi connectivity index (χ4v) is 3.64. The van der Waals surface area contributed by atoms with E-state index in [2.05, 4.69) is 14.9 Å². The number of hydrogen-bond acceptors (Lipinski definition) is 6. The minimum atomic E-state index is -0.622. The lowest BCUT2D eigenvalue weighted by Gasteiger charge is -2.12. The molecule has 0 atom stereocenters. The molecule has 9 heteroatoms. The average molecular weight is 408 g/mol. The van der Waals surface area contributed by atoms with Crippen LogP contribution < -0.4 is 14.8 Å². The number of anilines is 1. The second-order valence-corrected chi connectivity index (χ2v) is 6.83. The Balaban J connectivity index is 1.65. The van der Waals surface area contributed by atoms with Crippen LogP contribution in [0, 0.1) is 10.1 Å². The molecule has 1 aromatic heterocycles. The number of nitro groups is 1. The molecule has 3 aromatic rings. The van der Waals surface area contributed by atoms with E-state index in [1.54, 1.807) is 6.07 Å². The number of imidazole rings is 1. The van der Waals surface area contributed by atoms with Crippen LogP contribution in [0.1, 0.15) is 22.6 Å². The number of methoxy groups -OCH3 is 2. The zero-order chi connectivity index (χ0) is 21.3. The first-order valence-electron chi connectivity index (χ1n) is 9.38. The lowest BCUT2D eigenvalue weighted by molar-refractivity contribution is -0.385. The van der Waals surface area contributed by atoms with Gasteiger partial charge in [-0.15, -0.1) is 0 Å².